The fraction of sp³-hybridized carbons (Fsp3) is 0.350. The van der Waals surface area contributed by atoms with Crippen molar-refractivity contribution in [3.05, 3.63) is 47.8 Å². The Bertz CT molecular complexity index is 946. The molecule has 2 heterocycles. The molecule has 0 aliphatic heterocycles. The largest absolute Gasteiger partial charge is 0.322 e. The van der Waals surface area contributed by atoms with Crippen LogP contribution in [0.25, 0.3) is 11.0 Å². The van der Waals surface area contributed by atoms with E-state index in [1.165, 1.54) is 0 Å². The molecule has 0 radical (unpaired) electrons. The van der Waals surface area contributed by atoms with Crippen LogP contribution in [0.5, 0.6) is 0 Å². The number of thioether (sulfide) groups is 1. The lowest BCUT2D eigenvalue weighted by atomic mass is 10.0. The van der Waals surface area contributed by atoms with E-state index in [1.807, 2.05) is 41.3 Å². The first-order valence-electron chi connectivity index (χ1n) is 8.74. The molecule has 0 aliphatic rings. The lowest BCUT2D eigenvalue weighted by Gasteiger charge is -2.12. The van der Waals surface area contributed by atoms with Crippen molar-refractivity contribution in [3.8, 4) is 0 Å². The summed E-state index contributed by atoms with van der Waals surface area (Å²) < 4.78 is 1.87. The van der Waals surface area contributed by atoms with Gasteiger partial charge in [-0.15, -0.1) is 11.8 Å². The van der Waals surface area contributed by atoms with E-state index in [9.17, 15) is 4.79 Å². The van der Waals surface area contributed by atoms with Gasteiger partial charge in [0.05, 0.1) is 17.1 Å². The zero-order valence-electron chi connectivity index (χ0n) is 15.8. The summed E-state index contributed by atoms with van der Waals surface area (Å²) in [4.78, 5) is 18.9. The average Bonchev–Trinajstić information content (AvgIpc) is 3.05. The molecule has 1 amide bonds. The Morgan fingerprint density at radius 2 is 1.96 bits per heavy atom. The van der Waals surface area contributed by atoms with Gasteiger partial charge >= 0.3 is 0 Å². The molecule has 3 aromatic rings. The first-order chi connectivity index (χ1) is 12.4. The summed E-state index contributed by atoms with van der Waals surface area (Å²) in [6, 6.07) is 9.90. The van der Waals surface area contributed by atoms with Crippen LogP contribution in [-0.4, -0.2) is 26.9 Å². The molecule has 0 bridgehead atoms. The molecule has 5 nitrogen and oxygen atoms in total. The van der Waals surface area contributed by atoms with Gasteiger partial charge in [0.15, 0.2) is 5.65 Å². The molecule has 26 heavy (non-hydrogen) atoms. The topological polar surface area (TPSA) is 59.8 Å². The van der Waals surface area contributed by atoms with E-state index >= 15 is 0 Å². The molecule has 6 heteroatoms. The van der Waals surface area contributed by atoms with Crippen molar-refractivity contribution < 1.29 is 4.79 Å². The van der Waals surface area contributed by atoms with E-state index in [4.69, 9.17) is 4.98 Å². The Kier molecular flexibility index (Phi) is 5.32. The number of nitrogens with zero attached hydrogens (tertiary/aromatic N) is 3. The predicted molar refractivity (Wildman–Crippen MR) is 108 cm³/mol. The van der Waals surface area contributed by atoms with Crippen LogP contribution in [0.2, 0.25) is 0 Å². The summed E-state index contributed by atoms with van der Waals surface area (Å²) in [6.45, 7) is 8.27. The summed E-state index contributed by atoms with van der Waals surface area (Å²) in [5.41, 5.74) is 3.05. The van der Waals surface area contributed by atoms with Gasteiger partial charge in [-0.3, -0.25) is 4.79 Å². The number of hydrogen-bond donors (Lipinski definition) is 1. The second-order valence-corrected chi connectivity index (χ2v) is 7.74. The number of rotatable bonds is 5. The standard InChI is InChI=1S/C20H24N4OS/c1-12(2)18-10-16(17-11-21-24(13(3)4)19(17)23-18)20(25)22-14-7-6-8-15(9-14)26-5/h6-13H,1-5H3,(H,22,25). The molecule has 136 valence electrons. The molecule has 0 saturated heterocycles. The molecule has 1 aromatic carbocycles. The Morgan fingerprint density at radius 1 is 1.19 bits per heavy atom. The molecule has 2 aromatic heterocycles. The van der Waals surface area contributed by atoms with Crippen LogP contribution in [0.3, 0.4) is 0 Å². The highest BCUT2D eigenvalue weighted by molar-refractivity contribution is 7.98. The van der Waals surface area contributed by atoms with E-state index in [2.05, 4.69) is 38.1 Å². The van der Waals surface area contributed by atoms with Gasteiger partial charge in [0.1, 0.15) is 0 Å². The van der Waals surface area contributed by atoms with Crippen molar-refractivity contribution in [1.82, 2.24) is 14.8 Å². The average molecular weight is 369 g/mol. The van der Waals surface area contributed by atoms with Gasteiger partial charge in [-0.1, -0.05) is 19.9 Å². The number of anilines is 1. The van der Waals surface area contributed by atoms with Gasteiger partial charge in [0, 0.05) is 22.3 Å². The maximum Gasteiger partial charge on any atom is 0.256 e. The Hall–Kier alpha value is -2.34. The lowest BCUT2D eigenvalue weighted by molar-refractivity contribution is 0.102. The van der Waals surface area contributed by atoms with Gasteiger partial charge < -0.3 is 5.32 Å². The minimum atomic E-state index is -0.138. The second-order valence-electron chi connectivity index (χ2n) is 6.86. The third-order valence-corrected chi connectivity index (χ3v) is 4.96. The van der Waals surface area contributed by atoms with Crippen molar-refractivity contribution in [2.75, 3.05) is 11.6 Å². The number of carbonyl (C=O) groups excluding carboxylic acids is 1. The molecular formula is C20H24N4OS. The van der Waals surface area contributed by atoms with Gasteiger partial charge in [-0.2, -0.15) is 5.10 Å². The van der Waals surface area contributed by atoms with Crippen LogP contribution < -0.4 is 5.32 Å². The van der Waals surface area contributed by atoms with Gasteiger partial charge in [0.2, 0.25) is 0 Å². The fourth-order valence-corrected chi connectivity index (χ4v) is 3.26. The van der Waals surface area contributed by atoms with Crippen LogP contribution in [0.15, 0.2) is 41.4 Å². The normalized spacial score (nSPS) is 11.5. The minimum absolute atomic E-state index is 0.138. The van der Waals surface area contributed by atoms with E-state index in [0.29, 0.717) is 5.56 Å². The zero-order chi connectivity index (χ0) is 18.8. The third-order valence-electron chi connectivity index (χ3n) is 4.24. The number of aromatic nitrogens is 3. The first-order valence-corrected chi connectivity index (χ1v) is 9.96. The summed E-state index contributed by atoms with van der Waals surface area (Å²) in [6.07, 6.45) is 3.75. The number of benzene rings is 1. The first kappa shape index (κ1) is 18.5. The van der Waals surface area contributed by atoms with E-state index in [-0.39, 0.29) is 17.9 Å². The molecule has 0 aliphatic carbocycles. The molecule has 0 atom stereocenters. The van der Waals surface area contributed by atoms with Crippen LogP contribution in [0.1, 0.15) is 55.7 Å². The van der Waals surface area contributed by atoms with E-state index in [0.717, 1.165) is 27.3 Å². The third kappa shape index (κ3) is 3.60. The van der Waals surface area contributed by atoms with Crippen molar-refractivity contribution >= 4 is 34.4 Å². The molecule has 0 fully saturated rings. The minimum Gasteiger partial charge on any atom is -0.322 e. The molecule has 0 unspecified atom stereocenters. The predicted octanol–water partition coefficient (Wildman–Crippen LogP) is 5.11. The number of fused-ring (bicyclic) bond motifs is 1. The summed E-state index contributed by atoms with van der Waals surface area (Å²) in [7, 11) is 0. The van der Waals surface area contributed by atoms with Crippen LogP contribution in [0, 0.1) is 0 Å². The van der Waals surface area contributed by atoms with Crippen LogP contribution in [0.4, 0.5) is 5.69 Å². The smallest absolute Gasteiger partial charge is 0.256 e. The monoisotopic (exact) mass is 368 g/mol. The molecular weight excluding hydrogens is 344 g/mol. The number of pyridine rings is 1. The molecule has 3 rings (SSSR count). The van der Waals surface area contributed by atoms with Crippen molar-refractivity contribution in [1.29, 1.82) is 0 Å². The highest BCUT2D eigenvalue weighted by atomic mass is 32.2. The Morgan fingerprint density at radius 3 is 2.62 bits per heavy atom. The highest BCUT2D eigenvalue weighted by Crippen LogP contribution is 2.26. The molecule has 1 N–H and O–H groups in total. The van der Waals surface area contributed by atoms with Crippen LogP contribution in [-0.2, 0) is 0 Å². The fourth-order valence-electron chi connectivity index (χ4n) is 2.80. The second kappa shape index (κ2) is 7.50. The SMILES string of the molecule is CSc1cccc(NC(=O)c2cc(C(C)C)nc3c2cnn3C(C)C)c1. The van der Waals surface area contributed by atoms with Crippen LogP contribution >= 0.6 is 11.8 Å². The maximum atomic E-state index is 13.0. The highest BCUT2D eigenvalue weighted by Gasteiger charge is 2.19. The van der Waals surface area contributed by atoms with Gasteiger partial charge in [-0.25, -0.2) is 9.67 Å². The van der Waals surface area contributed by atoms with Crippen molar-refractivity contribution in [3.63, 3.8) is 0 Å². The van der Waals surface area contributed by atoms with Crippen molar-refractivity contribution in [2.24, 2.45) is 0 Å². The van der Waals surface area contributed by atoms with Gasteiger partial charge in [0.25, 0.3) is 5.91 Å². The Labute approximate surface area is 158 Å². The van der Waals surface area contributed by atoms with E-state index in [1.54, 1.807) is 18.0 Å². The Balaban J connectivity index is 2.06. The number of carbonyl (C=O) groups is 1. The maximum absolute atomic E-state index is 13.0. The van der Waals surface area contributed by atoms with Gasteiger partial charge in [-0.05, 0) is 50.3 Å². The lowest BCUT2D eigenvalue weighted by Crippen LogP contribution is -2.14. The number of nitrogens with one attached hydrogen (secondary N) is 1. The zero-order valence-corrected chi connectivity index (χ0v) is 16.6. The van der Waals surface area contributed by atoms with Crippen molar-refractivity contribution in [2.45, 2.75) is 44.6 Å². The summed E-state index contributed by atoms with van der Waals surface area (Å²) in [5.74, 6) is 0.0853. The summed E-state index contributed by atoms with van der Waals surface area (Å²) in [5, 5.41) is 8.24. The number of hydrogen-bond acceptors (Lipinski definition) is 4. The quantitative estimate of drug-likeness (QED) is 0.636. The van der Waals surface area contributed by atoms with E-state index < -0.39 is 0 Å². The summed E-state index contributed by atoms with van der Waals surface area (Å²) >= 11 is 1.65. The molecule has 0 saturated carbocycles. The molecule has 0 spiro atoms. The number of amides is 1.